The number of fused-ring (bicyclic) bond motifs is 3. The highest BCUT2D eigenvalue weighted by molar-refractivity contribution is 6.15. The highest BCUT2D eigenvalue weighted by atomic mass is 16.6. The molecular weight excluding hydrogens is 332 g/mol. The summed E-state index contributed by atoms with van der Waals surface area (Å²) in [6, 6.07) is 0. The molecular formula is C21H32O5. The monoisotopic (exact) mass is 364 g/mol. The van der Waals surface area contributed by atoms with Crippen molar-refractivity contribution in [3.63, 3.8) is 0 Å². The van der Waals surface area contributed by atoms with E-state index in [0.29, 0.717) is 12.3 Å². The minimum Gasteiger partial charge on any atom is -0.459 e. The number of hydrogen-bond acceptors (Lipinski definition) is 5. The largest absolute Gasteiger partial charge is 0.459 e. The van der Waals surface area contributed by atoms with E-state index in [9.17, 15) is 14.4 Å². The number of ether oxygens (including phenoxy) is 2. The van der Waals surface area contributed by atoms with Crippen molar-refractivity contribution in [2.75, 3.05) is 0 Å². The topological polar surface area (TPSA) is 69.7 Å². The third-order valence-electron chi connectivity index (χ3n) is 4.80. The molecule has 0 aromatic heterocycles. The molecule has 0 aromatic rings. The third kappa shape index (κ3) is 5.42. The van der Waals surface area contributed by atoms with Gasteiger partial charge >= 0.3 is 11.9 Å². The van der Waals surface area contributed by atoms with Crippen LogP contribution >= 0.6 is 0 Å². The molecule has 0 N–H and O–H groups in total. The Hall–Kier alpha value is -1.65. The van der Waals surface area contributed by atoms with E-state index in [0.717, 1.165) is 19.3 Å². The van der Waals surface area contributed by atoms with Gasteiger partial charge < -0.3 is 9.47 Å². The van der Waals surface area contributed by atoms with E-state index < -0.39 is 29.1 Å². The van der Waals surface area contributed by atoms with Crippen LogP contribution in [0.4, 0.5) is 0 Å². The normalized spacial score (nSPS) is 25.7. The number of carbonyl (C=O) groups is 3. The number of Topliss-reactive ketones (excluding diaryl/α,β-unsaturated/α-hetero) is 1. The molecule has 0 radical (unpaired) electrons. The van der Waals surface area contributed by atoms with Crippen molar-refractivity contribution in [3.8, 4) is 0 Å². The van der Waals surface area contributed by atoms with Gasteiger partial charge in [0, 0.05) is 5.92 Å². The molecule has 26 heavy (non-hydrogen) atoms. The Labute approximate surface area is 156 Å². The van der Waals surface area contributed by atoms with E-state index in [-0.39, 0.29) is 17.6 Å². The molecule has 0 aromatic carbocycles. The Morgan fingerprint density at radius 3 is 1.73 bits per heavy atom. The van der Waals surface area contributed by atoms with Crippen LogP contribution in [0.15, 0.2) is 12.2 Å². The molecule has 1 fully saturated rings. The molecule has 3 unspecified atom stereocenters. The van der Waals surface area contributed by atoms with Crippen LogP contribution in [0.3, 0.4) is 0 Å². The lowest BCUT2D eigenvalue weighted by atomic mass is 9.79. The van der Waals surface area contributed by atoms with Crippen LogP contribution in [-0.4, -0.2) is 28.9 Å². The number of ketones is 1. The summed E-state index contributed by atoms with van der Waals surface area (Å²) in [5.74, 6) is -3.21. The molecule has 0 heterocycles. The van der Waals surface area contributed by atoms with Crippen LogP contribution in [0, 0.1) is 23.7 Å². The van der Waals surface area contributed by atoms with Crippen molar-refractivity contribution >= 4 is 17.7 Å². The summed E-state index contributed by atoms with van der Waals surface area (Å²) >= 11 is 0. The summed E-state index contributed by atoms with van der Waals surface area (Å²) in [4.78, 5) is 38.7. The number of rotatable bonds is 4. The van der Waals surface area contributed by atoms with Gasteiger partial charge in [-0.2, -0.15) is 0 Å². The Kier molecular flexibility index (Phi) is 5.99. The predicted octanol–water partition coefficient (Wildman–Crippen LogP) is 3.85. The summed E-state index contributed by atoms with van der Waals surface area (Å²) in [5.41, 5.74) is -1.56. The van der Waals surface area contributed by atoms with Crippen molar-refractivity contribution in [3.05, 3.63) is 12.2 Å². The number of carbonyl (C=O) groups excluding carboxylic acids is 3. The average molecular weight is 364 g/mol. The molecule has 5 heteroatoms. The maximum atomic E-state index is 13.3. The second kappa shape index (κ2) is 7.53. The second-order valence-electron chi connectivity index (χ2n) is 9.47. The van der Waals surface area contributed by atoms with Gasteiger partial charge in [-0.05, 0) is 79.1 Å². The summed E-state index contributed by atoms with van der Waals surface area (Å²) in [6.07, 6.45) is 7.87. The number of hydrogen-bond donors (Lipinski definition) is 0. The fourth-order valence-corrected chi connectivity index (χ4v) is 3.70. The third-order valence-corrected chi connectivity index (χ3v) is 4.80. The molecule has 0 aliphatic heterocycles. The van der Waals surface area contributed by atoms with Gasteiger partial charge in [-0.3, -0.25) is 14.4 Å². The summed E-state index contributed by atoms with van der Waals surface area (Å²) in [7, 11) is 0. The lowest BCUT2D eigenvalue weighted by Crippen LogP contribution is -2.44. The maximum absolute atomic E-state index is 13.3. The van der Waals surface area contributed by atoms with Crippen LogP contribution in [0.1, 0.15) is 67.2 Å². The molecule has 3 atom stereocenters. The first-order valence-electron chi connectivity index (χ1n) is 9.55. The molecule has 146 valence electrons. The predicted molar refractivity (Wildman–Crippen MR) is 98.3 cm³/mol. The molecule has 0 amide bonds. The van der Waals surface area contributed by atoms with Crippen molar-refractivity contribution < 1.29 is 23.9 Å². The summed E-state index contributed by atoms with van der Waals surface area (Å²) in [5, 5.41) is 0. The van der Waals surface area contributed by atoms with Crippen LogP contribution in [0.2, 0.25) is 0 Å². The Morgan fingerprint density at radius 2 is 1.31 bits per heavy atom. The quantitative estimate of drug-likeness (QED) is 0.430. The fraction of sp³-hybridized carbons (Fsp3) is 0.762. The lowest BCUT2D eigenvalue weighted by Gasteiger charge is -2.29. The lowest BCUT2D eigenvalue weighted by molar-refractivity contribution is -0.176. The molecule has 3 aliphatic carbocycles. The molecule has 5 nitrogen and oxygen atoms in total. The van der Waals surface area contributed by atoms with Gasteiger partial charge in [0.15, 0.2) is 5.78 Å². The molecule has 0 spiro atoms. The Balaban J connectivity index is 2.26. The SMILES string of the molecule is CC(C)(C)OC(=O)C(C(=O)OC(C)(C)C)C(=O)C1CCC2C=CC1CC2. The van der Waals surface area contributed by atoms with Gasteiger partial charge in [0.1, 0.15) is 11.2 Å². The average Bonchev–Trinajstić information content (AvgIpc) is 2.76. The van der Waals surface area contributed by atoms with Gasteiger partial charge in [0.05, 0.1) is 0 Å². The highest BCUT2D eigenvalue weighted by Crippen LogP contribution is 2.39. The van der Waals surface area contributed by atoms with Gasteiger partial charge in [-0.15, -0.1) is 0 Å². The first kappa shape index (κ1) is 20.7. The van der Waals surface area contributed by atoms with Gasteiger partial charge in [-0.1, -0.05) is 12.2 Å². The van der Waals surface area contributed by atoms with Crippen LogP contribution in [-0.2, 0) is 23.9 Å². The van der Waals surface area contributed by atoms with Crippen molar-refractivity contribution in [1.29, 1.82) is 0 Å². The van der Waals surface area contributed by atoms with E-state index in [2.05, 4.69) is 12.2 Å². The van der Waals surface area contributed by atoms with E-state index in [4.69, 9.17) is 9.47 Å². The van der Waals surface area contributed by atoms with E-state index in [1.165, 1.54) is 0 Å². The van der Waals surface area contributed by atoms with E-state index in [1.807, 2.05) is 0 Å². The second-order valence-corrected chi connectivity index (χ2v) is 9.47. The minimum absolute atomic E-state index is 0.0913. The van der Waals surface area contributed by atoms with Crippen molar-refractivity contribution in [2.24, 2.45) is 23.7 Å². The first-order valence-corrected chi connectivity index (χ1v) is 9.55. The van der Waals surface area contributed by atoms with Gasteiger partial charge in [0.25, 0.3) is 0 Å². The number of esters is 2. The standard InChI is InChI=1S/C21H32O5/c1-20(2,3)25-18(23)16(19(24)26-21(4,5)6)17(22)15-12-9-13-7-10-14(15)11-8-13/h7,10,13-16H,8-9,11-12H2,1-6H3. The Bertz CT molecular complexity index is 563. The Morgan fingerprint density at radius 1 is 0.808 bits per heavy atom. The molecule has 2 bridgehead atoms. The highest BCUT2D eigenvalue weighted by Gasteiger charge is 2.45. The van der Waals surface area contributed by atoms with Crippen LogP contribution in [0.5, 0.6) is 0 Å². The van der Waals surface area contributed by atoms with E-state index in [1.54, 1.807) is 41.5 Å². The van der Waals surface area contributed by atoms with Crippen LogP contribution in [0.25, 0.3) is 0 Å². The molecule has 3 aliphatic rings. The molecule has 1 saturated carbocycles. The first-order chi connectivity index (χ1) is 11.9. The van der Waals surface area contributed by atoms with Gasteiger partial charge in [-0.25, -0.2) is 0 Å². The van der Waals surface area contributed by atoms with Crippen molar-refractivity contribution in [2.45, 2.75) is 78.4 Å². The molecule has 0 saturated heterocycles. The number of allylic oxidation sites excluding steroid dienone is 2. The summed E-state index contributed by atoms with van der Waals surface area (Å²) in [6.45, 7) is 10.3. The zero-order valence-electron chi connectivity index (χ0n) is 16.8. The molecule has 3 rings (SSSR count). The maximum Gasteiger partial charge on any atom is 0.328 e. The zero-order valence-corrected chi connectivity index (χ0v) is 16.8. The van der Waals surface area contributed by atoms with Gasteiger partial charge in [0.2, 0.25) is 5.92 Å². The summed E-state index contributed by atoms with van der Waals surface area (Å²) < 4.78 is 10.8. The zero-order chi connectivity index (χ0) is 19.7. The fourth-order valence-electron chi connectivity index (χ4n) is 3.70. The van der Waals surface area contributed by atoms with Crippen LogP contribution < -0.4 is 0 Å². The smallest absolute Gasteiger partial charge is 0.328 e. The van der Waals surface area contributed by atoms with Crippen molar-refractivity contribution in [1.82, 2.24) is 0 Å². The minimum atomic E-state index is -1.51. The van der Waals surface area contributed by atoms with E-state index >= 15 is 0 Å².